The molecule has 0 amide bonds. The van der Waals surface area contributed by atoms with Gasteiger partial charge in [0.1, 0.15) is 11.2 Å². The van der Waals surface area contributed by atoms with E-state index in [2.05, 4.69) is 4.98 Å². The van der Waals surface area contributed by atoms with Gasteiger partial charge in [-0.25, -0.2) is 4.39 Å². The number of esters is 1. The van der Waals surface area contributed by atoms with Crippen molar-refractivity contribution in [2.75, 3.05) is 6.61 Å². The van der Waals surface area contributed by atoms with E-state index in [1.54, 1.807) is 12.1 Å². The summed E-state index contributed by atoms with van der Waals surface area (Å²) < 4.78 is 18.6. The molecule has 23 heavy (non-hydrogen) atoms. The lowest BCUT2D eigenvalue weighted by Crippen LogP contribution is -2.40. The van der Waals surface area contributed by atoms with Gasteiger partial charge in [-0.2, -0.15) is 0 Å². The molecular weight excluding hydrogens is 293 g/mol. The van der Waals surface area contributed by atoms with Gasteiger partial charge in [0.15, 0.2) is 0 Å². The maximum atomic E-state index is 13.2. The number of benzene rings is 1. The molecule has 3 rings (SSSR count). The van der Waals surface area contributed by atoms with Gasteiger partial charge in [0.05, 0.1) is 6.61 Å². The van der Waals surface area contributed by atoms with Crippen molar-refractivity contribution < 1.29 is 13.9 Å². The van der Waals surface area contributed by atoms with Gasteiger partial charge in [-0.1, -0.05) is 31.4 Å². The van der Waals surface area contributed by atoms with Gasteiger partial charge in [0.25, 0.3) is 0 Å². The Morgan fingerprint density at radius 1 is 1.17 bits per heavy atom. The third-order valence-electron chi connectivity index (χ3n) is 4.75. The fourth-order valence-corrected chi connectivity index (χ4v) is 3.62. The minimum Gasteiger partial charge on any atom is -0.465 e. The Kier molecular flexibility index (Phi) is 4.51. The van der Waals surface area contributed by atoms with E-state index in [9.17, 15) is 9.18 Å². The number of ether oxygens (including phenoxy) is 1. The molecule has 0 aliphatic heterocycles. The molecule has 1 aliphatic rings. The van der Waals surface area contributed by atoms with Crippen molar-refractivity contribution in [3.8, 4) is 11.1 Å². The van der Waals surface area contributed by atoms with Crippen molar-refractivity contribution in [1.82, 2.24) is 4.98 Å². The van der Waals surface area contributed by atoms with Crippen LogP contribution < -0.4 is 0 Å². The van der Waals surface area contributed by atoms with Crippen LogP contribution in [0.15, 0.2) is 36.5 Å². The smallest absolute Gasteiger partial charge is 0.318 e. The Balaban J connectivity index is 2.05. The van der Waals surface area contributed by atoms with Crippen molar-refractivity contribution in [2.45, 2.75) is 44.4 Å². The molecule has 1 aliphatic carbocycles. The average molecular weight is 315 g/mol. The second kappa shape index (κ2) is 6.57. The fourth-order valence-electron chi connectivity index (χ4n) is 3.62. The van der Waals surface area contributed by atoms with Crippen molar-refractivity contribution in [3.05, 3.63) is 48.0 Å². The molecule has 0 unspecified atom stereocenters. The second-order valence-corrected chi connectivity index (χ2v) is 6.14. The standard InChI is InChI=1S/C19H22FNO2/c1-2-23-18(22)19(11-4-3-5-12-19)17-16(10-13-21-17)14-6-8-15(20)9-7-14/h6-10,13,21H,2-5,11-12H2,1H3. The number of hydrogen-bond acceptors (Lipinski definition) is 2. The monoisotopic (exact) mass is 315 g/mol. The van der Waals surface area contributed by atoms with Crippen molar-refractivity contribution >= 4 is 5.97 Å². The summed E-state index contributed by atoms with van der Waals surface area (Å²) in [4.78, 5) is 16.0. The normalized spacial score (nSPS) is 17.0. The molecule has 122 valence electrons. The van der Waals surface area contributed by atoms with Crippen molar-refractivity contribution in [2.24, 2.45) is 0 Å². The predicted molar refractivity (Wildman–Crippen MR) is 87.6 cm³/mol. The third-order valence-corrected chi connectivity index (χ3v) is 4.75. The van der Waals surface area contributed by atoms with Gasteiger partial charge in [-0.3, -0.25) is 4.79 Å². The number of carbonyl (C=O) groups is 1. The highest BCUT2D eigenvalue weighted by Crippen LogP contribution is 2.43. The van der Waals surface area contributed by atoms with E-state index in [1.165, 1.54) is 12.1 Å². The highest BCUT2D eigenvalue weighted by Gasteiger charge is 2.44. The van der Waals surface area contributed by atoms with Gasteiger partial charge in [0, 0.05) is 17.5 Å². The van der Waals surface area contributed by atoms with Crippen molar-refractivity contribution in [1.29, 1.82) is 0 Å². The summed E-state index contributed by atoms with van der Waals surface area (Å²) in [5.41, 5.74) is 2.17. The number of hydrogen-bond donors (Lipinski definition) is 1. The summed E-state index contributed by atoms with van der Waals surface area (Å²) >= 11 is 0. The first-order valence-electron chi connectivity index (χ1n) is 8.28. The van der Waals surface area contributed by atoms with E-state index < -0.39 is 5.41 Å². The van der Waals surface area contributed by atoms with E-state index in [0.717, 1.165) is 48.9 Å². The van der Waals surface area contributed by atoms with Crippen LogP contribution in [0, 0.1) is 5.82 Å². The number of halogens is 1. The van der Waals surface area contributed by atoms with Crippen molar-refractivity contribution in [3.63, 3.8) is 0 Å². The number of aromatic amines is 1. The summed E-state index contributed by atoms with van der Waals surface area (Å²) in [6, 6.07) is 8.36. The van der Waals surface area contributed by atoms with E-state index in [1.807, 2.05) is 19.2 Å². The van der Waals surface area contributed by atoms with Gasteiger partial charge in [0.2, 0.25) is 0 Å². The van der Waals surface area contributed by atoms with Gasteiger partial charge in [-0.05, 0) is 43.5 Å². The van der Waals surface area contributed by atoms with Crippen LogP contribution in [0.2, 0.25) is 0 Å². The Morgan fingerprint density at radius 2 is 1.87 bits per heavy atom. The topological polar surface area (TPSA) is 42.1 Å². The molecule has 3 nitrogen and oxygen atoms in total. The van der Waals surface area contributed by atoms with Gasteiger partial charge < -0.3 is 9.72 Å². The van der Waals surface area contributed by atoms with Gasteiger partial charge in [-0.15, -0.1) is 0 Å². The maximum Gasteiger partial charge on any atom is 0.318 e. The number of rotatable bonds is 4. The van der Waals surface area contributed by atoms with Crippen LogP contribution in [0.5, 0.6) is 0 Å². The predicted octanol–water partition coefficient (Wildman–Crippen LogP) is 4.59. The average Bonchev–Trinajstić information content (AvgIpc) is 3.06. The molecule has 0 radical (unpaired) electrons. The Labute approximate surface area is 135 Å². The summed E-state index contributed by atoms with van der Waals surface area (Å²) in [6.07, 6.45) is 6.61. The molecule has 1 fully saturated rings. The van der Waals surface area contributed by atoms with Crippen LogP contribution in [0.25, 0.3) is 11.1 Å². The number of H-pyrrole nitrogens is 1. The molecular formula is C19H22FNO2. The first-order valence-corrected chi connectivity index (χ1v) is 8.28. The highest BCUT2D eigenvalue weighted by atomic mass is 19.1. The first-order chi connectivity index (χ1) is 11.2. The van der Waals surface area contributed by atoms with Gasteiger partial charge >= 0.3 is 5.97 Å². The first kappa shape index (κ1) is 15.8. The maximum absolute atomic E-state index is 13.2. The zero-order chi connectivity index (χ0) is 16.3. The lowest BCUT2D eigenvalue weighted by Gasteiger charge is -2.35. The molecule has 1 heterocycles. The quantitative estimate of drug-likeness (QED) is 0.839. The van der Waals surface area contributed by atoms with Crippen LogP contribution in [-0.4, -0.2) is 17.6 Å². The van der Waals surface area contributed by atoms with Crippen LogP contribution in [0.4, 0.5) is 4.39 Å². The Hall–Kier alpha value is -2.10. The molecule has 1 aromatic heterocycles. The fraction of sp³-hybridized carbons (Fsp3) is 0.421. The third kappa shape index (κ3) is 2.90. The van der Waals surface area contributed by atoms with E-state index in [4.69, 9.17) is 4.74 Å². The summed E-state index contributed by atoms with van der Waals surface area (Å²) in [7, 11) is 0. The summed E-state index contributed by atoms with van der Waals surface area (Å²) in [6.45, 7) is 2.22. The highest BCUT2D eigenvalue weighted by molar-refractivity contribution is 5.86. The number of aromatic nitrogens is 1. The lowest BCUT2D eigenvalue weighted by molar-refractivity contribution is -0.151. The zero-order valence-corrected chi connectivity index (χ0v) is 13.4. The Morgan fingerprint density at radius 3 is 2.52 bits per heavy atom. The van der Waals surface area contributed by atoms with Crippen LogP contribution in [-0.2, 0) is 14.9 Å². The molecule has 1 N–H and O–H groups in total. The molecule has 2 aromatic rings. The lowest BCUT2D eigenvalue weighted by atomic mass is 9.70. The molecule has 1 aromatic carbocycles. The second-order valence-electron chi connectivity index (χ2n) is 6.14. The van der Waals surface area contributed by atoms with Crippen LogP contribution >= 0.6 is 0 Å². The molecule has 1 saturated carbocycles. The van der Waals surface area contributed by atoms with E-state index >= 15 is 0 Å². The molecule has 0 atom stereocenters. The summed E-state index contributed by atoms with van der Waals surface area (Å²) in [5, 5.41) is 0. The molecule has 0 bridgehead atoms. The summed E-state index contributed by atoms with van der Waals surface area (Å²) in [5.74, 6) is -0.408. The molecule has 4 heteroatoms. The zero-order valence-electron chi connectivity index (χ0n) is 13.4. The largest absolute Gasteiger partial charge is 0.465 e. The molecule has 0 saturated heterocycles. The number of carbonyl (C=O) groups excluding carboxylic acids is 1. The minimum atomic E-state index is -0.610. The van der Waals surface area contributed by atoms with Crippen LogP contribution in [0.1, 0.15) is 44.7 Å². The molecule has 0 spiro atoms. The minimum absolute atomic E-state index is 0.148. The Bertz CT molecular complexity index is 669. The SMILES string of the molecule is CCOC(=O)C1(c2[nH]ccc2-c2ccc(F)cc2)CCCCC1. The number of nitrogens with one attached hydrogen (secondary N) is 1. The van der Waals surface area contributed by atoms with Crippen LogP contribution in [0.3, 0.4) is 0 Å². The van der Waals surface area contributed by atoms with E-state index in [0.29, 0.717) is 6.61 Å². The van der Waals surface area contributed by atoms with E-state index in [-0.39, 0.29) is 11.8 Å².